The van der Waals surface area contributed by atoms with Gasteiger partial charge in [-0.3, -0.25) is 4.79 Å². The molecule has 1 fully saturated rings. The molecule has 1 aromatic heterocycles. The average Bonchev–Trinajstić information content (AvgIpc) is 2.39. The van der Waals surface area contributed by atoms with Crippen molar-refractivity contribution in [3.63, 3.8) is 0 Å². The Morgan fingerprint density at radius 2 is 2.39 bits per heavy atom. The lowest BCUT2D eigenvalue weighted by molar-refractivity contribution is 0.0215. The summed E-state index contributed by atoms with van der Waals surface area (Å²) in [5, 5.41) is 0. The summed E-state index contributed by atoms with van der Waals surface area (Å²) >= 11 is 0. The Morgan fingerprint density at radius 1 is 1.56 bits per heavy atom. The zero-order chi connectivity index (χ0) is 13.0. The molecule has 5 nitrogen and oxygen atoms in total. The van der Waals surface area contributed by atoms with Gasteiger partial charge in [0.25, 0.3) is 5.56 Å². The van der Waals surface area contributed by atoms with Crippen molar-refractivity contribution in [1.29, 1.82) is 0 Å². The van der Waals surface area contributed by atoms with E-state index in [2.05, 4.69) is 9.97 Å². The Hall–Kier alpha value is -1.36. The smallest absolute Gasteiger partial charge is 0.252 e. The van der Waals surface area contributed by atoms with Crippen molar-refractivity contribution >= 4 is 5.82 Å². The van der Waals surface area contributed by atoms with Crippen LogP contribution in [0.4, 0.5) is 5.82 Å². The predicted molar refractivity (Wildman–Crippen MR) is 71.1 cm³/mol. The lowest BCUT2D eigenvalue weighted by atomic mass is 10.1. The molecule has 0 spiro atoms. The summed E-state index contributed by atoms with van der Waals surface area (Å²) in [4.78, 5) is 20.7. The van der Waals surface area contributed by atoms with E-state index >= 15 is 0 Å². The van der Waals surface area contributed by atoms with Crippen LogP contribution in [0.1, 0.15) is 32.0 Å². The molecule has 0 amide bonds. The van der Waals surface area contributed by atoms with Gasteiger partial charge in [0.2, 0.25) is 0 Å². The summed E-state index contributed by atoms with van der Waals surface area (Å²) in [6, 6.07) is 1.54. The molecule has 1 saturated heterocycles. The summed E-state index contributed by atoms with van der Waals surface area (Å²) in [7, 11) is 1.96. The van der Waals surface area contributed by atoms with Gasteiger partial charge in [-0.2, -0.15) is 0 Å². The van der Waals surface area contributed by atoms with E-state index in [1.54, 1.807) is 6.07 Å². The molecule has 0 aliphatic carbocycles. The molecule has 100 valence electrons. The highest BCUT2D eigenvalue weighted by atomic mass is 16.5. The van der Waals surface area contributed by atoms with Crippen LogP contribution >= 0.6 is 0 Å². The lowest BCUT2D eigenvalue weighted by Gasteiger charge is -2.28. The van der Waals surface area contributed by atoms with E-state index in [4.69, 9.17) is 4.74 Å². The number of aryl methyl sites for hydroxylation is 1. The van der Waals surface area contributed by atoms with Crippen molar-refractivity contribution in [1.82, 2.24) is 9.97 Å². The van der Waals surface area contributed by atoms with Crippen LogP contribution in [-0.2, 0) is 11.2 Å². The lowest BCUT2D eigenvalue weighted by Crippen LogP contribution is -2.34. The van der Waals surface area contributed by atoms with Gasteiger partial charge >= 0.3 is 0 Å². The van der Waals surface area contributed by atoms with Gasteiger partial charge in [-0.1, -0.05) is 6.92 Å². The van der Waals surface area contributed by atoms with Gasteiger partial charge in [0.1, 0.15) is 11.6 Å². The third-order valence-corrected chi connectivity index (χ3v) is 3.25. The molecule has 0 saturated carbocycles. The number of nitrogens with zero attached hydrogens (tertiary/aromatic N) is 2. The Kier molecular flexibility index (Phi) is 4.36. The van der Waals surface area contributed by atoms with E-state index < -0.39 is 0 Å². The van der Waals surface area contributed by atoms with Gasteiger partial charge < -0.3 is 14.6 Å². The average molecular weight is 251 g/mol. The number of H-pyrrole nitrogens is 1. The van der Waals surface area contributed by atoms with Gasteiger partial charge in [0.05, 0.1) is 6.10 Å². The summed E-state index contributed by atoms with van der Waals surface area (Å²) < 4.78 is 5.70. The molecule has 1 aliphatic rings. The topological polar surface area (TPSA) is 58.2 Å². The molecule has 5 heteroatoms. The third-order valence-electron chi connectivity index (χ3n) is 3.25. The fraction of sp³-hybridized carbons (Fsp3) is 0.692. The molecule has 2 rings (SSSR count). The first-order valence-electron chi connectivity index (χ1n) is 6.62. The molecule has 0 aromatic carbocycles. The Labute approximate surface area is 107 Å². The van der Waals surface area contributed by atoms with Crippen molar-refractivity contribution in [2.24, 2.45) is 0 Å². The van der Waals surface area contributed by atoms with Crippen molar-refractivity contribution < 1.29 is 4.74 Å². The monoisotopic (exact) mass is 251 g/mol. The molecule has 0 bridgehead atoms. The van der Waals surface area contributed by atoms with Crippen LogP contribution in [0.2, 0.25) is 0 Å². The Morgan fingerprint density at radius 3 is 3.06 bits per heavy atom. The second kappa shape index (κ2) is 6.00. The van der Waals surface area contributed by atoms with E-state index in [1.807, 2.05) is 18.9 Å². The van der Waals surface area contributed by atoms with Crippen LogP contribution in [0.15, 0.2) is 10.9 Å². The van der Waals surface area contributed by atoms with Crippen LogP contribution in [0, 0.1) is 0 Å². The number of aromatic amines is 1. The highest BCUT2D eigenvalue weighted by Gasteiger charge is 2.17. The molecule has 1 aliphatic heterocycles. The minimum atomic E-state index is -0.0896. The minimum absolute atomic E-state index is 0.0896. The number of hydrogen-bond donors (Lipinski definition) is 1. The highest BCUT2D eigenvalue weighted by molar-refractivity contribution is 5.36. The second-order valence-corrected chi connectivity index (χ2v) is 4.77. The van der Waals surface area contributed by atoms with Gasteiger partial charge in [0, 0.05) is 32.7 Å². The molecule has 1 unspecified atom stereocenters. The van der Waals surface area contributed by atoms with Crippen molar-refractivity contribution in [3.05, 3.63) is 22.2 Å². The van der Waals surface area contributed by atoms with Gasteiger partial charge in [0.15, 0.2) is 0 Å². The summed E-state index contributed by atoms with van der Waals surface area (Å²) in [6.07, 6.45) is 4.46. The first kappa shape index (κ1) is 13.1. The number of hydrogen-bond acceptors (Lipinski definition) is 4. The SMILES string of the molecule is CCc1nc(N(C)CC2CCCCO2)cc(=O)[nH]1. The molecule has 0 radical (unpaired) electrons. The van der Waals surface area contributed by atoms with Crippen molar-refractivity contribution in [3.8, 4) is 0 Å². The number of ether oxygens (including phenoxy) is 1. The number of rotatable bonds is 4. The van der Waals surface area contributed by atoms with E-state index in [0.29, 0.717) is 0 Å². The fourth-order valence-electron chi connectivity index (χ4n) is 2.21. The van der Waals surface area contributed by atoms with Crippen molar-refractivity contribution in [2.75, 3.05) is 25.1 Å². The van der Waals surface area contributed by atoms with Crippen LogP contribution in [0.3, 0.4) is 0 Å². The quantitative estimate of drug-likeness (QED) is 0.877. The summed E-state index contributed by atoms with van der Waals surface area (Å²) in [5.41, 5.74) is -0.0896. The predicted octanol–water partition coefficient (Wildman–Crippen LogP) is 1.34. The maximum absolute atomic E-state index is 11.5. The summed E-state index contributed by atoms with van der Waals surface area (Å²) in [5.74, 6) is 1.46. The molecule has 1 N–H and O–H groups in total. The normalized spacial score (nSPS) is 19.8. The first-order chi connectivity index (χ1) is 8.69. The first-order valence-corrected chi connectivity index (χ1v) is 6.62. The van der Waals surface area contributed by atoms with Gasteiger partial charge in [-0.05, 0) is 19.3 Å². The zero-order valence-corrected chi connectivity index (χ0v) is 11.1. The van der Waals surface area contributed by atoms with Crippen molar-refractivity contribution in [2.45, 2.75) is 38.7 Å². The van der Waals surface area contributed by atoms with Gasteiger partial charge in [-0.15, -0.1) is 0 Å². The van der Waals surface area contributed by atoms with Crippen LogP contribution in [0.5, 0.6) is 0 Å². The number of anilines is 1. The zero-order valence-electron chi connectivity index (χ0n) is 11.1. The molecule has 1 aromatic rings. The maximum atomic E-state index is 11.5. The summed E-state index contributed by atoms with van der Waals surface area (Å²) in [6.45, 7) is 3.62. The van der Waals surface area contributed by atoms with Crippen LogP contribution in [-0.4, -0.2) is 36.3 Å². The van der Waals surface area contributed by atoms with E-state index in [0.717, 1.165) is 44.1 Å². The number of aromatic nitrogens is 2. The molecule has 1 atom stereocenters. The largest absolute Gasteiger partial charge is 0.376 e. The molecular weight excluding hydrogens is 230 g/mol. The van der Waals surface area contributed by atoms with E-state index in [1.165, 1.54) is 6.42 Å². The Bertz CT molecular complexity index is 438. The maximum Gasteiger partial charge on any atom is 0.252 e. The number of likely N-dealkylation sites (N-methyl/N-ethyl adjacent to an activating group) is 1. The minimum Gasteiger partial charge on any atom is -0.376 e. The highest BCUT2D eigenvalue weighted by Crippen LogP contribution is 2.15. The number of nitrogens with one attached hydrogen (secondary N) is 1. The standard InChI is InChI=1S/C13H21N3O2/c1-3-11-14-12(8-13(17)15-11)16(2)9-10-6-4-5-7-18-10/h8,10H,3-7,9H2,1-2H3,(H,14,15,17). The van der Waals surface area contributed by atoms with Crippen LogP contribution < -0.4 is 10.5 Å². The fourth-order valence-corrected chi connectivity index (χ4v) is 2.21. The van der Waals surface area contributed by atoms with E-state index in [-0.39, 0.29) is 11.7 Å². The molecule has 2 heterocycles. The van der Waals surface area contributed by atoms with Crippen LogP contribution in [0.25, 0.3) is 0 Å². The van der Waals surface area contributed by atoms with Gasteiger partial charge in [-0.25, -0.2) is 4.98 Å². The second-order valence-electron chi connectivity index (χ2n) is 4.77. The molecule has 18 heavy (non-hydrogen) atoms. The Balaban J connectivity index is 2.05. The van der Waals surface area contributed by atoms with E-state index in [9.17, 15) is 4.79 Å². The third kappa shape index (κ3) is 3.32. The molecular formula is C13H21N3O2.